The first-order valence-electron chi connectivity index (χ1n) is 6.81. The van der Waals surface area contributed by atoms with Crippen molar-refractivity contribution < 1.29 is 19.5 Å². The summed E-state index contributed by atoms with van der Waals surface area (Å²) in [4.78, 5) is 36.5. The maximum absolute atomic E-state index is 12.2. The number of carbonyl (C=O) groups is 3. The number of aliphatic carboxylic acids is 1. The third-order valence-electron chi connectivity index (χ3n) is 4.17. The van der Waals surface area contributed by atoms with E-state index in [1.54, 1.807) is 4.90 Å². The molecular weight excluding hydrogens is 248 g/mol. The number of carbonyl (C=O) groups excluding carboxylic acids is 2. The molecule has 2 rings (SSSR count). The van der Waals surface area contributed by atoms with Gasteiger partial charge in [-0.2, -0.15) is 0 Å². The van der Waals surface area contributed by atoms with Crippen LogP contribution in [0.5, 0.6) is 0 Å². The Labute approximate surface area is 112 Å². The van der Waals surface area contributed by atoms with Crippen LogP contribution < -0.4 is 5.32 Å². The second-order valence-corrected chi connectivity index (χ2v) is 5.45. The van der Waals surface area contributed by atoms with E-state index in [0.29, 0.717) is 38.9 Å². The zero-order valence-electron chi connectivity index (χ0n) is 11.0. The topological polar surface area (TPSA) is 86.7 Å². The minimum atomic E-state index is -0.874. The van der Waals surface area contributed by atoms with E-state index in [9.17, 15) is 19.5 Å². The summed E-state index contributed by atoms with van der Waals surface area (Å²) in [6, 6.07) is 0. The zero-order chi connectivity index (χ0) is 13.9. The van der Waals surface area contributed by atoms with E-state index in [0.717, 1.165) is 12.8 Å². The first kappa shape index (κ1) is 13.8. The van der Waals surface area contributed by atoms with Gasteiger partial charge in [-0.3, -0.25) is 14.4 Å². The first-order chi connectivity index (χ1) is 9.03. The predicted molar refractivity (Wildman–Crippen MR) is 67.4 cm³/mol. The molecule has 106 valence electrons. The van der Waals surface area contributed by atoms with Gasteiger partial charge in [0, 0.05) is 32.5 Å². The van der Waals surface area contributed by atoms with Crippen LogP contribution in [0.3, 0.4) is 0 Å². The lowest BCUT2D eigenvalue weighted by molar-refractivity contribution is -0.153. The van der Waals surface area contributed by atoms with E-state index in [1.165, 1.54) is 0 Å². The molecule has 2 fully saturated rings. The van der Waals surface area contributed by atoms with Crippen LogP contribution in [0.25, 0.3) is 0 Å². The molecule has 1 aliphatic heterocycles. The van der Waals surface area contributed by atoms with Crippen molar-refractivity contribution in [3.63, 3.8) is 0 Å². The Hall–Kier alpha value is -1.59. The van der Waals surface area contributed by atoms with E-state index in [2.05, 4.69) is 5.32 Å². The Balaban J connectivity index is 1.99. The maximum atomic E-state index is 12.2. The Morgan fingerprint density at radius 3 is 2.58 bits per heavy atom. The molecule has 2 N–H and O–H groups in total. The Bertz CT molecular complexity index is 388. The molecule has 0 unspecified atom stereocenters. The highest BCUT2D eigenvalue weighted by molar-refractivity contribution is 5.86. The Kier molecular flexibility index (Phi) is 4.07. The van der Waals surface area contributed by atoms with Crippen LogP contribution in [0.4, 0.5) is 0 Å². The fourth-order valence-electron chi connectivity index (χ4n) is 2.94. The molecule has 6 nitrogen and oxygen atoms in total. The average Bonchev–Trinajstić information content (AvgIpc) is 2.72. The fourth-order valence-corrected chi connectivity index (χ4v) is 2.94. The summed E-state index contributed by atoms with van der Waals surface area (Å²) in [5.74, 6) is -1.05. The lowest BCUT2D eigenvalue weighted by atomic mass is 9.82. The highest BCUT2D eigenvalue weighted by atomic mass is 16.4. The second-order valence-electron chi connectivity index (χ2n) is 5.45. The standard InChI is InChI=1S/C13H20N2O4/c16-10-3-7-15(8-6-14-10)11(17)9-13(12(18)19)4-1-2-5-13/h1-9H2,(H,14,16)(H,18,19). The smallest absolute Gasteiger partial charge is 0.310 e. The van der Waals surface area contributed by atoms with Gasteiger partial charge in [-0.1, -0.05) is 12.8 Å². The second kappa shape index (κ2) is 5.59. The molecule has 6 heteroatoms. The van der Waals surface area contributed by atoms with E-state index in [4.69, 9.17) is 0 Å². The zero-order valence-corrected chi connectivity index (χ0v) is 11.0. The number of amides is 2. The van der Waals surface area contributed by atoms with Crippen LogP contribution >= 0.6 is 0 Å². The quantitative estimate of drug-likeness (QED) is 0.774. The van der Waals surface area contributed by atoms with Gasteiger partial charge >= 0.3 is 5.97 Å². The third kappa shape index (κ3) is 3.05. The molecule has 1 saturated heterocycles. The van der Waals surface area contributed by atoms with Gasteiger partial charge in [0.15, 0.2) is 0 Å². The number of rotatable bonds is 3. The largest absolute Gasteiger partial charge is 0.481 e. The van der Waals surface area contributed by atoms with Crippen LogP contribution in [0.1, 0.15) is 38.5 Å². The van der Waals surface area contributed by atoms with Crippen molar-refractivity contribution in [3.05, 3.63) is 0 Å². The molecule has 0 aromatic carbocycles. The number of nitrogens with one attached hydrogen (secondary N) is 1. The molecule has 1 heterocycles. The molecule has 0 atom stereocenters. The molecule has 0 bridgehead atoms. The maximum Gasteiger partial charge on any atom is 0.310 e. The molecule has 0 aromatic heterocycles. The number of carboxylic acids is 1. The monoisotopic (exact) mass is 268 g/mol. The van der Waals surface area contributed by atoms with Gasteiger partial charge in [0.05, 0.1) is 5.41 Å². The van der Waals surface area contributed by atoms with Crippen molar-refractivity contribution in [2.24, 2.45) is 5.41 Å². The van der Waals surface area contributed by atoms with Crippen LogP contribution in [-0.2, 0) is 14.4 Å². The highest BCUT2D eigenvalue weighted by Crippen LogP contribution is 2.41. The highest BCUT2D eigenvalue weighted by Gasteiger charge is 2.43. The summed E-state index contributed by atoms with van der Waals surface area (Å²) in [6.07, 6.45) is 3.28. The molecule has 0 aromatic rings. The van der Waals surface area contributed by atoms with Crippen molar-refractivity contribution in [1.29, 1.82) is 0 Å². The van der Waals surface area contributed by atoms with Crippen LogP contribution in [0.15, 0.2) is 0 Å². The van der Waals surface area contributed by atoms with Gasteiger partial charge in [0.25, 0.3) is 0 Å². The molecule has 1 aliphatic carbocycles. The van der Waals surface area contributed by atoms with E-state index >= 15 is 0 Å². The molecule has 19 heavy (non-hydrogen) atoms. The van der Waals surface area contributed by atoms with Gasteiger partial charge in [-0.25, -0.2) is 0 Å². The summed E-state index contributed by atoms with van der Waals surface area (Å²) in [5.41, 5.74) is -0.874. The molecule has 0 spiro atoms. The van der Waals surface area contributed by atoms with Gasteiger partial charge in [-0.15, -0.1) is 0 Å². The van der Waals surface area contributed by atoms with Crippen LogP contribution in [-0.4, -0.2) is 47.4 Å². The number of hydrogen-bond donors (Lipinski definition) is 2. The van der Waals surface area contributed by atoms with E-state index in [1.807, 2.05) is 0 Å². The minimum Gasteiger partial charge on any atom is -0.481 e. The first-order valence-corrected chi connectivity index (χ1v) is 6.81. The lowest BCUT2D eigenvalue weighted by Crippen LogP contribution is -2.40. The van der Waals surface area contributed by atoms with Crippen LogP contribution in [0.2, 0.25) is 0 Å². The SMILES string of the molecule is O=C1CCN(C(=O)CC2(C(=O)O)CCCC2)CCN1. The van der Waals surface area contributed by atoms with Gasteiger partial charge < -0.3 is 15.3 Å². The summed E-state index contributed by atoms with van der Waals surface area (Å²) in [6.45, 7) is 1.31. The normalized spacial score (nSPS) is 22.7. The van der Waals surface area contributed by atoms with Crippen molar-refractivity contribution >= 4 is 17.8 Å². The number of hydrogen-bond acceptors (Lipinski definition) is 3. The molecule has 2 amide bonds. The molecule has 2 aliphatic rings. The van der Waals surface area contributed by atoms with Crippen molar-refractivity contribution in [2.45, 2.75) is 38.5 Å². The number of nitrogens with zero attached hydrogens (tertiary/aromatic N) is 1. The van der Waals surface area contributed by atoms with E-state index in [-0.39, 0.29) is 18.2 Å². The Morgan fingerprint density at radius 2 is 1.95 bits per heavy atom. The predicted octanol–water partition coefficient (Wildman–Crippen LogP) is 0.370. The fraction of sp³-hybridized carbons (Fsp3) is 0.769. The van der Waals surface area contributed by atoms with Crippen molar-refractivity contribution in [2.75, 3.05) is 19.6 Å². The lowest BCUT2D eigenvalue weighted by Gasteiger charge is -2.27. The minimum absolute atomic E-state index is 0.0517. The summed E-state index contributed by atoms with van der Waals surface area (Å²) in [5, 5.41) is 12.1. The molecular formula is C13H20N2O4. The summed E-state index contributed by atoms with van der Waals surface area (Å²) < 4.78 is 0. The third-order valence-corrected chi connectivity index (χ3v) is 4.17. The van der Waals surface area contributed by atoms with Crippen molar-refractivity contribution in [1.82, 2.24) is 10.2 Å². The summed E-state index contributed by atoms with van der Waals surface area (Å²) >= 11 is 0. The van der Waals surface area contributed by atoms with Crippen molar-refractivity contribution in [3.8, 4) is 0 Å². The molecule has 1 saturated carbocycles. The van der Waals surface area contributed by atoms with E-state index < -0.39 is 11.4 Å². The van der Waals surface area contributed by atoms with Gasteiger partial charge in [0.2, 0.25) is 11.8 Å². The van der Waals surface area contributed by atoms with Gasteiger partial charge in [0.1, 0.15) is 0 Å². The molecule has 0 radical (unpaired) electrons. The van der Waals surface area contributed by atoms with Crippen LogP contribution in [0, 0.1) is 5.41 Å². The average molecular weight is 268 g/mol. The number of carboxylic acid groups (broad SMARTS) is 1. The van der Waals surface area contributed by atoms with Gasteiger partial charge in [-0.05, 0) is 12.8 Å². The Morgan fingerprint density at radius 1 is 1.26 bits per heavy atom. The summed E-state index contributed by atoms with van der Waals surface area (Å²) in [7, 11) is 0.